The van der Waals surface area contributed by atoms with Gasteiger partial charge in [0.15, 0.2) is 0 Å². The van der Waals surface area contributed by atoms with Gasteiger partial charge in [-0.25, -0.2) is 4.79 Å². The quantitative estimate of drug-likeness (QED) is 0.621. The maximum absolute atomic E-state index is 12.3. The molecule has 0 N–H and O–H groups in total. The summed E-state index contributed by atoms with van der Waals surface area (Å²) in [6.07, 6.45) is 0. The molecule has 0 amide bonds. The molecule has 0 atom stereocenters. The Balaban J connectivity index is 1.65. The summed E-state index contributed by atoms with van der Waals surface area (Å²) in [5.74, 6) is 0.141. The van der Waals surface area contributed by atoms with Gasteiger partial charge in [-0.1, -0.05) is 72.8 Å². The van der Waals surface area contributed by atoms with Crippen LogP contribution < -0.4 is 4.74 Å². The molecule has 0 bridgehead atoms. The van der Waals surface area contributed by atoms with Crippen LogP contribution in [0.1, 0.15) is 21.5 Å². The molecular weight excluding hydrogens is 306 g/mol. The molecule has 0 aliphatic rings. The number of carbonyl (C=O) groups is 1. The second-order valence-corrected chi connectivity index (χ2v) is 5.33. The van der Waals surface area contributed by atoms with Crippen molar-refractivity contribution in [2.75, 3.05) is 0 Å². The minimum atomic E-state index is -0.387. The summed E-state index contributed by atoms with van der Waals surface area (Å²) in [6, 6.07) is 26.6. The van der Waals surface area contributed by atoms with Crippen LogP contribution in [0.5, 0.6) is 5.75 Å². The van der Waals surface area contributed by atoms with Gasteiger partial charge in [0.25, 0.3) is 0 Å². The first-order valence-corrected chi connectivity index (χ1v) is 7.80. The average Bonchev–Trinajstić information content (AvgIpc) is 2.66. The Kier molecular flexibility index (Phi) is 5.25. The lowest BCUT2D eigenvalue weighted by Crippen LogP contribution is -2.08. The summed E-state index contributed by atoms with van der Waals surface area (Å²) in [5, 5.41) is 0. The first-order valence-electron chi connectivity index (χ1n) is 7.80. The van der Waals surface area contributed by atoms with E-state index in [1.54, 1.807) is 18.2 Å². The van der Waals surface area contributed by atoms with E-state index in [9.17, 15) is 4.79 Å². The van der Waals surface area contributed by atoms with Gasteiger partial charge in [0.1, 0.15) is 24.5 Å². The molecular formula is C21H18O3. The van der Waals surface area contributed by atoms with Crippen molar-refractivity contribution in [3.05, 3.63) is 102 Å². The van der Waals surface area contributed by atoms with E-state index in [0.29, 0.717) is 17.9 Å². The maximum atomic E-state index is 12.3. The average molecular weight is 324 g/mol. The van der Waals surface area contributed by atoms with Crippen LogP contribution in [0.4, 0.5) is 0 Å². The second kappa shape index (κ2) is 7.97. The fourth-order valence-electron chi connectivity index (χ4n) is 2.30. The topological polar surface area (TPSA) is 35.5 Å². The molecule has 0 aromatic heterocycles. The summed E-state index contributed by atoms with van der Waals surface area (Å²) >= 11 is 0. The predicted octanol–water partition coefficient (Wildman–Crippen LogP) is 4.62. The zero-order chi connectivity index (χ0) is 16.6. The van der Waals surface area contributed by atoms with Gasteiger partial charge in [0, 0.05) is 0 Å². The van der Waals surface area contributed by atoms with Gasteiger partial charge < -0.3 is 9.47 Å². The lowest BCUT2D eigenvalue weighted by Gasteiger charge is -2.11. The van der Waals surface area contributed by atoms with Crippen LogP contribution in [0.25, 0.3) is 0 Å². The van der Waals surface area contributed by atoms with E-state index in [-0.39, 0.29) is 12.6 Å². The molecule has 0 saturated heterocycles. The van der Waals surface area contributed by atoms with Crippen molar-refractivity contribution in [1.29, 1.82) is 0 Å². The summed E-state index contributed by atoms with van der Waals surface area (Å²) in [5.41, 5.74) is 2.43. The number of esters is 1. The van der Waals surface area contributed by atoms with Gasteiger partial charge in [-0.3, -0.25) is 0 Å². The van der Waals surface area contributed by atoms with Crippen molar-refractivity contribution >= 4 is 5.97 Å². The Morgan fingerprint density at radius 1 is 0.667 bits per heavy atom. The van der Waals surface area contributed by atoms with Gasteiger partial charge in [0.05, 0.1) is 0 Å². The van der Waals surface area contributed by atoms with Gasteiger partial charge in [-0.05, 0) is 23.3 Å². The Bertz CT molecular complexity index is 782. The Morgan fingerprint density at radius 2 is 1.21 bits per heavy atom. The highest BCUT2D eigenvalue weighted by Gasteiger charge is 2.13. The number of rotatable bonds is 6. The lowest BCUT2D eigenvalue weighted by atomic mass is 10.2. The molecule has 3 rings (SSSR count). The molecule has 0 fully saturated rings. The maximum Gasteiger partial charge on any atom is 0.342 e. The van der Waals surface area contributed by atoms with Crippen LogP contribution in [-0.2, 0) is 18.0 Å². The van der Waals surface area contributed by atoms with Gasteiger partial charge in [-0.15, -0.1) is 0 Å². The largest absolute Gasteiger partial charge is 0.488 e. The first kappa shape index (κ1) is 15.8. The van der Waals surface area contributed by atoms with Crippen LogP contribution in [0, 0.1) is 0 Å². The highest BCUT2D eigenvalue weighted by Crippen LogP contribution is 2.21. The fraction of sp³-hybridized carbons (Fsp3) is 0.0952. The molecule has 120 valence electrons. The predicted molar refractivity (Wildman–Crippen MR) is 92.8 cm³/mol. The summed E-state index contributed by atoms with van der Waals surface area (Å²) in [7, 11) is 0. The SMILES string of the molecule is O=C(OCc1ccccc1)[13c]1[13cH][13cH][13cH][13cH][13c]1OCc1ccccc1. The van der Waals surface area contributed by atoms with E-state index in [1.807, 2.05) is 66.7 Å². The van der Waals surface area contributed by atoms with Gasteiger partial charge >= 0.3 is 5.97 Å². The molecule has 3 aromatic rings. The third-order valence-corrected chi connectivity index (χ3v) is 3.56. The number of hydrogen-bond acceptors (Lipinski definition) is 3. The molecule has 0 aliphatic heterocycles. The van der Waals surface area contributed by atoms with Crippen LogP contribution in [0.3, 0.4) is 0 Å². The Morgan fingerprint density at radius 3 is 1.88 bits per heavy atom. The van der Waals surface area contributed by atoms with Crippen molar-refractivity contribution in [2.24, 2.45) is 0 Å². The van der Waals surface area contributed by atoms with Crippen LogP contribution in [0.15, 0.2) is 84.9 Å². The molecule has 0 aliphatic carbocycles. The van der Waals surface area contributed by atoms with E-state index in [4.69, 9.17) is 9.47 Å². The highest BCUT2D eigenvalue weighted by atomic mass is 16.6. The number of benzene rings is 3. The van der Waals surface area contributed by atoms with Crippen LogP contribution in [-0.4, -0.2) is 5.97 Å². The van der Waals surface area contributed by atoms with E-state index in [1.165, 1.54) is 0 Å². The summed E-state index contributed by atoms with van der Waals surface area (Å²) < 4.78 is 11.2. The lowest BCUT2D eigenvalue weighted by molar-refractivity contribution is 0.0467. The Hall–Kier alpha value is -3.07. The fourth-order valence-corrected chi connectivity index (χ4v) is 2.30. The zero-order valence-corrected chi connectivity index (χ0v) is 13.2. The number of hydrogen-bond donors (Lipinski definition) is 0. The third-order valence-electron chi connectivity index (χ3n) is 3.56. The molecule has 3 heteroatoms. The third kappa shape index (κ3) is 4.23. The zero-order valence-electron chi connectivity index (χ0n) is 13.2. The van der Waals surface area contributed by atoms with E-state index in [0.717, 1.165) is 11.1 Å². The minimum absolute atomic E-state index is 0.243. The monoisotopic (exact) mass is 324 g/mol. The summed E-state index contributed by atoms with van der Waals surface area (Å²) in [6.45, 7) is 0.649. The molecule has 0 unspecified atom stereocenters. The minimum Gasteiger partial charge on any atom is -0.488 e. The Labute approximate surface area is 141 Å². The van der Waals surface area contributed by atoms with Crippen LogP contribution >= 0.6 is 0 Å². The smallest absolute Gasteiger partial charge is 0.342 e. The molecule has 0 spiro atoms. The molecule has 0 heterocycles. The van der Waals surface area contributed by atoms with Crippen molar-refractivity contribution in [3.8, 4) is 5.75 Å². The van der Waals surface area contributed by atoms with E-state index in [2.05, 4.69) is 0 Å². The molecule has 0 radical (unpaired) electrons. The molecule has 0 saturated carbocycles. The number of carbonyl (C=O) groups excluding carboxylic acids is 1. The van der Waals surface area contributed by atoms with Crippen molar-refractivity contribution in [2.45, 2.75) is 13.2 Å². The molecule has 24 heavy (non-hydrogen) atoms. The van der Waals surface area contributed by atoms with Crippen molar-refractivity contribution < 1.29 is 14.3 Å². The van der Waals surface area contributed by atoms with Gasteiger partial charge in [-0.2, -0.15) is 0 Å². The molecule has 3 aromatic carbocycles. The van der Waals surface area contributed by atoms with Gasteiger partial charge in [0.2, 0.25) is 0 Å². The summed E-state index contributed by atoms with van der Waals surface area (Å²) in [4.78, 5) is 12.3. The normalized spacial score (nSPS) is 10.2. The highest BCUT2D eigenvalue weighted by molar-refractivity contribution is 5.92. The van der Waals surface area contributed by atoms with Crippen molar-refractivity contribution in [1.82, 2.24) is 0 Å². The first-order chi connectivity index (χ1) is 11.8. The van der Waals surface area contributed by atoms with Crippen LogP contribution in [0.2, 0.25) is 0 Å². The second-order valence-electron chi connectivity index (χ2n) is 5.33. The number of para-hydroxylation sites is 1. The van der Waals surface area contributed by atoms with E-state index >= 15 is 0 Å². The standard InChI is InChI=1S/C21H18O3/c22-21(24-16-18-11-5-2-6-12-18)19-13-7-8-14-20(19)23-15-17-9-3-1-4-10-17/h1-14H,15-16H2/i7+1,8+1,13+1,14+1,19+1,20+1. The molecule has 3 nitrogen and oxygen atoms in total. The number of ether oxygens (including phenoxy) is 2. The van der Waals surface area contributed by atoms with E-state index < -0.39 is 0 Å². The van der Waals surface area contributed by atoms with Crippen molar-refractivity contribution in [3.63, 3.8) is 0 Å².